The Hall–Kier alpha value is -2.38. The van der Waals surface area contributed by atoms with Crippen molar-refractivity contribution in [2.45, 2.75) is 6.92 Å². The highest BCUT2D eigenvalue weighted by Gasteiger charge is 1.94. The SMILES string of the molecule is Cc1ccc(/C=C/c2ccc(/C=C/c3ccccc3)s2)cc1. The Bertz CT molecular complexity index is 774. The standard InChI is InChI=1S/C21H18S/c1-17-7-9-19(10-8-17)12-14-21-16-15-20(22-21)13-11-18-5-3-2-4-6-18/h2-16H,1H3/b13-11+,14-12+. The van der Waals surface area contributed by atoms with Crippen LogP contribution >= 0.6 is 11.3 Å². The summed E-state index contributed by atoms with van der Waals surface area (Å²) in [6, 6.07) is 23.3. The van der Waals surface area contributed by atoms with Gasteiger partial charge in [0.1, 0.15) is 0 Å². The Morgan fingerprint density at radius 3 is 1.73 bits per heavy atom. The zero-order valence-electron chi connectivity index (χ0n) is 12.6. The fourth-order valence-corrected chi connectivity index (χ4v) is 2.96. The van der Waals surface area contributed by atoms with Crippen molar-refractivity contribution in [2.24, 2.45) is 0 Å². The third kappa shape index (κ3) is 4.06. The third-order valence-corrected chi connectivity index (χ3v) is 4.42. The van der Waals surface area contributed by atoms with E-state index in [2.05, 4.69) is 91.9 Å². The van der Waals surface area contributed by atoms with Crippen molar-refractivity contribution in [1.82, 2.24) is 0 Å². The molecule has 0 amide bonds. The second-order valence-electron chi connectivity index (χ2n) is 5.23. The molecule has 0 saturated heterocycles. The van der Waals surface area contributed by atoms with E-state index < -0.39 is 0 Å². The van der Waals surface area contributed by atoms with E-state index in [1.807, 2.05) is 6.07 Å². The monoisotopic (exact) mass is 302 g/mol. The highest BCUT2D eigenvalue weighted by Crippen LogP contribution is 2.21. The molecule has 3 rings (SSSR count). The molecule has 0 saturated carbocycles. The first-order valence-electron chi connectivity index (χ1n) is 7.37. The first kappa shape index (κ1) is 14.6. The number of benzene rings is 2. The lowest BCUT2D eigenvalue weighted by Crippen LogP contribution is -1.72. The minimum atomic E-state index is 1.23. The Kier molecular flexibility index (Phi) is 4.67. The molecule has 0 spiro atoms. The predicted octanol–water partition coefficient (Wildman–Crippen LogP) is 6.40. The van der Waals surface area contributed by atoms with Crippen LogP contribution in [0.2, 0.25) is 0 Å². The van der Waals surface area contributed by atoms with Gasteiger partial charge in [0, 0.05) is 9.75 Å². The van der Waals surface area contributed by atoms with E-state index in [-0.39, 0.29) is 0 Å². The van der Waals surface area contributed by atoms with Crippen molar-refractivity contribution in [1.29, 1.82) is 0 Å². The van der Waals surface area contributed by atoms with Crippen LogP contribution < -0.4 is 0 Å². The van der Waals surface area contributed by atoms with Gasteiger partial charge in [-0.2, -0.15) is 0 Å². The summed E-state index contributed by atoms with van der Waals surface area (Å²) in [5, 5.41) is 0. The van der Waals surface area contributed by atoms with Gasteiger partial charge in [-0.3, -0.25) is 0 Å². The van der Waals surface area contributed by atoms with Gasteiger partial charge >= 0.3 is 0 Å². The highest BCUT2D eigenvalue weighted by atomic mass is 32.1. The van der Waals surface area contributed by atoms with Gasteiger partial charge in [-0.05, 0) is 42.3 Å². The van der Waals surface area contributed by atoms with Crippen molar-refractivity contribution in [3.63, 3.8) is 0 Å². The maximum atomic E-state index is 2.18. The van der Waals surface area contributed by atoms with Crippen molar-refractivity contribution in [3.8, 4) is 0 Å². The van der Waals surface area contributed by atoms with Gasteiger partial charge in [0.2, 0.25) is 0 Å². The lowest BCUT2D eigenvalue weighted by Gasteiger charge is -1.93. The molecule has 0 N–H and O–H groups in total. The second kappa shape index (κ2) is 7.06. The number of hydrogen-bond acceptors (Lipinski definition) is 1. The molecule has 3 aromatic rings. The lowest BCUT2D eigenvalue weighted by atomic mass is 10.1. The number of hydrogen-bond donors (Lipinski definition) is 0. The van der Waals surface area contributed by atoms with Gasteiger partial charge < -0.3 is 0 Å². The molecular weight excluding hydrogens is 284 g/mol. The third-order valence-electron chi connectivity index (χ3n) is 3.40. The summed E-state index contributed by atoms with van der Waals surface area (Å²) in [5.74, 6) is 0. The highest BCUT2D eigenvalue weighted by molar-refractivity contribution is 7.13. The summed E-state index contributed by atoms with van der Waals surface area (Å²) in [4.78, 5) is 2.54. The first-order chi connectivity index (χ1) is 10.8. The second-order valence-corrected chi connectivity index (χ2v) is 6.38. The molecule has 0 nitrogen and oxygen atoms in total. The van der Waals surface area contributed by atoms with Gasteiger partial charge in [0.15, 0.2) is 0 Å². The Morgan fingerprint density at radius 1 is 0.591 bits per heavy atom. The quantitative estimate of drug-likeness (QED) is 0.523. The molecule has 1 aromatic heterocycles. The molecule has 1 heteroatoms. The molecule has 2 aromatic carbocycles. The maximum Gasteiger partial charge on any atom is 0.0276 e. The summed E-state index contributed by atoms with van der Waals surface area (Å²) in [6.07, 6.45) is 8.66. The van der Waals surface area contributed by atoms with Crippen LogP contribution in [0.5, 0.6) is 0 Å². The van der Waals surface area contributed by atoms with Crippen molar-refractivity contribution < 1.29 is 0 Å². The summed E-state index contributed by atoms with van der Waals surface area (Å²) in [5.41, 5.74) is 3.76. The molecule has 0 unspecified atom stereocenters. The van der Waals surface area contributed by atoms with Crippen LogP contribution in [0, 0.1) is 6.92 Å². The average molecular weight is 302 g/mol. The molecule has 0 aliphatic rings. The van der Waals surface area contributed by atoms with Crippen LogP contribution in [-0.2, 0) is 0 Å². The molecule has 0 radical (unpaired) electrons. The van der Waals surface area contributed by atoms with Crippen LogP contribution in [0.15, 0.2) is 66.7 Å². The van der Waals surface area contributed by atoms with Gasteiger partial charge in [-0.25, -0.2) is 0 Å². The zero-order chi connectivity index (χ0) is 15.2. The van der Waals surface area contributed by atoms with E-state index in [9.17, 15) is 0 Å². The molecular formula is C21H18S. The summed E-state index contributed by atoms with van der Waals surface area (Å²) in [7, 11) is 0. The Balaban J connectivity index is 1.68. The van der Waals surface area contributed by atoms with E-state index >= 15 is 0 Å². The molecule has 0 fully saturated rings. The topological polar surface area (TPSA) is 0 Å². The van der Waals surface area contributed by atoms with Crippen LogP contribution in [-0.4, -0.2) is 0 Å². The normalized spacial score (nSPS) is 11.5. The number of rotatable bonds is 4. The van der Waals surface area contributed by atoms with E-state index in [0.717, 1.165) is 0 Å². The largest absolute Gasteiger partial charge is 0.137 e. The summed E-state index contributed by atoms with van der Waals surface area (Å²) < 4.78 is 0. The van der Waals surface area contributed by atoms with Crippen LogP contribution in [0.3, 0.4) is 0 Å². The molecule has 0 aliphatic carbocycles. The predicted molar refractivity (Wildman–Crippen MR) is 99.8 cm³/mol. The molecule has 0 atom stereocenters. The van der Waals surface area contributed by atoms with Crippen molar-refractivity contribution in [3.05, 3.63) is 93.2 Å². The van der Waals surface area contributed by atoms with Gasteiger partial charge in [0.25, 0.3) is 0 Å². The molecule has 1 heterocycles. The van der Waals surface area contributed by atoms with E-state index in [0.29, 0.717) is 0 Å². The summed E-state index contributed by atoms with van der Waals surface area (Å²) >= 11 is 1.80. The van der Waals surface area contributed by atoms with E-state index in [1.54, 1.807) is 11.3 Å². The van der Waals surface area contributed by atoms with Crippen LogP contribution in [0.4, 0.5) is 0 Å². The van der Waals surface area contributed by atoms with Gasteiger partial charge in [-0.1, -0.05) is 72.3 Å². The molecule has 0 aliphatic heterocycles. The maximum absolute atomic E-state index is 2.18. The number of aryl methyl sites for hydroxylation is 1. The van der Waals surface area contributed by atoms with Gasteiger partial charge in [-0.15, -0.1) is 11.3 Å². The lowest BCUT2D eigenvalue weighted by molar-refractivity contribution is 1.46. The molecule has 0 bridgehead atoms. The van der Waals surface area contributed by atoms with Crippen molar-refractivity contribution in [2.75, 3.05) is 0 Å². The van der Waals surface area contributed by atoms with Crippen LogP contribution in [0.25, 0.3) is 24.3 Å². The fraction of sp³-hybridized carbons (Fsp3) is 0.0476. The molecule has 22 heavy (non-hydrogen) atoms. The van der Waals surface area contributed by atoms with E-state index in [4.69, 9.17) is 0 Å². The smallest absolute Gasteiger partial charge is 0.0276 e. The van der Waals surface area contributed by atoms with E-state index in [1.165, 1.54) is 26.4 Å². The minimum Gasteiger partial charge on any atom is -0.137 e. The minimum absolute atomic E-state index is 1.23. The number of thiophene rings is 1. The fourth-order valence-electron chi connectivity index (χ4n) is 2.15. The zero-order valence-corrected chi connectivity index (χ0v) is 13.4. The summed E-state index contributed by atoms with van der Waals surface area (Å²) in [6.45, 7) is 2.11. The Labute approximate surface area is 136 Å². The van der Waals surface area contributed by atoms with Gasteiger partial charge in [0.05, 0.1) is 0 Å². The average Bonchev–Trinajstić information content (AvgIpc) is 3.01. The molecule has 108 valence electrons. The first-order valence-corrected chi connectivity index (χ1v) is 8.19. The van der Waals surface area contributed by atoms with Crippen molar-refractivity contribution >= 4 is 35.6 Å². The Morgan fingerprint density at radius 2 is 1.14 bits per heavy atom. The van der Waals surface area contributed by atoms with Crippen LogP contribution in [0.1, 0.15) is 26.4 Å².